The zero-order chi connectivity index (χ0) is 13.8. The molecule has 2 rings (SSSR count). The summed E-state index contributed by atoms with van der Waals surface area (Å²) in [7, 11) is 4.08. The van der Waals surface area contributed by atoms with Crippen LogP contribution in [-0.4, -0.2) is 25.6 Å². The Morgan fingerprint density at radius 3 is 2.53 bits per heavy atom. The van der Waals surface area contributed by atoms with Gasteiger partial charge in [-0.2, -0.15) is 0 Å². The second kappa shape index (κ2) is 6.02. The molecule has 0 unspecified atom stereocenters. The van der Waals surface area contributed by atoms with Crippen molar-refractivity contribution in [3.05, 3.63) is 36.0 Å². The summed E-state index contributed by atoms with van der Waals surface area (Å²) < 4.78 is 0. The minimum absolute atomic E-state index is 0.627. The summed E-state index contributed by atoms with van der Waals surface area (Å²) >= 11 is 0. The van der Waals surface area contributed by atoms with Crippen LogP contribution < -0.4 is 10.2 Å². The lowest BCUT2D eigenvalue weighted by Gasteiger charge is -2.22. The number of hydrogen-bond donors (Lipinski definition) is 1. The molecule has 0 aliphatic carbocycles. The summed E-state index contributed by atoms with van der Waals surface area (Å²) in [6.45, 7) is 6.33. The maximum atomic E-state index is 4.66. The molecule has 0 spiro atoms. The Bertz CT molecular complexity index is 549. The van der Waals surface area contributed by atoms with Gasteiger partial charge < -0.3 is 10.2 Å². The molecule has 0 radical (unpaired) electrons. The Labute approximate surface area is 115 Å². The first kappa shape index (κ1) is 13.8. The first-order chi connectivity index (χ1) is 9.13. The molecule has 0 saturated heterocycles. The van der Waals surface area contributed by atoms with Crippen molar-refractivity contribution in [3.63, 3.8) is 0 Å². The fourth-order valence-electron chi connectivity index (χ4n) is 2.51. The molecule has 0 aliphatic heterocycles. The minimum atomic E-state index is 0.627. The second-order valence-corrected chi connectivity index (χ2v) is 5.46. The molecule has 1 heterocycles. The van der Waals surface area contributed by atoms with E-state index in [2.05, 4.69) is 60.4 Å². The number of nitrogens with zero attached hydrogens (tertiary/aromatic N) is 2. The van der Waals surface area contributed by atoms with E-state index in [-0.39, 0.29) is 0 Å². The highest BCUT2D eigenvalue weighted by Gasteiger charge is 2.11. The summed E-state index contributed by atoms with van der Waals surface area (Å²) in [5.41, 5.74) is 1.25. The van der Waals surface area contributed by atoms with E-state index in [0.717, 1.165) is 18.9 Å². The van der Waals surface area contributed by atoms with Gasteiger partial charge in [0.2, 0.25) is 0 Å². The number of rotatable bonds is 5. The maximum Gasteiger partial charge on any atom is 0.136 e. The largest absolute Gasteiger partial charge is 0.359 e. The molecule has 1 N–H and O–H groups in total. The Morgan fingerprint density at radius 2 is 1.89 bits per heavy atom. The van der Waals surface area contributed by atoms with Gasteiger partial charge in [-0.05, 0) is 23.9 Å². The fourth-order valence-corrected chi connectivity index (χ4v) is 2.51. The molecule has 0 bridgehead atoms. The number of nitrogens with one attached hydrogen (secondary N) is 1. The predicted octanol–water partition coefficient (Wildman–Crippen LogP) is 3.05. The van der Waals surface area contributed by atoms with Gasteiger partial charge in [-0.25, -0.2) is 4.98 Å². The van der Waals surface area contributed by atoms with E-state index < -0.39 is 0 Å². The van der Waals surface area contributed by atoms with Gasteiger partial charge in [0.05, 0.1) is 0 Å². The van der Waals surface area contributed by atoms with Gasteiger partial charge in [0, 0.05) is 31.7 Å². The number of aromatic nitrogens is 1. The van der Waals surface area contributed by atoms with Crippen molar-refractivity contribution in [1.29, 1.82) is 0 Å². The molecule has 0 atom stereocenters. The number of hydrogen-bond acceptors (Lipinski definition) is 3. The van der Waals surface area contributed by atoms with E-state index in [1.807, 2.05) is 13.2 Å². The van der Waals surface area contributed by atoms with Crippen LogP contribution in [-0.2, 0) is 6.54 Å². The second-order valence-electron chi connectivity index (χ2n) is 5.46. The normalized spacial score (nSPS) is 11.2. The van der Waals surface area contributed by atoms with Crippen LogP contribution in [0.2, 0.25) is 0 Å². The highest BCUT2D eigenvalue weighted by atomic mass is 15.2. The Hall–Kier alpha value is -1.61. The van der Waals surface area contributed by atoms with E-state index in [1.54, 1.807) is 0 Å². The van der Waals surface area contributed by atoms with Crippen LogP contribution in [0, 0.1) is 5.92 Å². The molecular formula is C16H23N3. The third-order valence-electron chi connectivity index (χ3n) is 3.22. The maximum absolute atomic E-state index is 4.66. The lowest BCUT2D eigenvalue weighted by molar-refractivity contribution is 0.635. The Balaban J connectivity index is 2.49. The number of fused-ring (bicyclic) bond motifs is 1. The van der Waals surface area contributed by atoms with Crippen LogP contribution in [0.1, 0.15) is 19.4 Å². The van der Waals surface area contributed by atoms with Crippen LogP contribution in [0.4, 0.5) is 5.82 Å². The summed E-state index contributed by atoms with van der Waals surface area (Å²) in [5, 5.41) is 5.73. The van der Waals surface area contributed by atoms with Crippen LogP contribution in [0.3, 0.4) is 0 Å². The Kier molecular flexibility index (Phi) is 4.38. The summed E-state index contributed by atoms with van der Waals surface area (Å²) in [6, 6.07) is 8.51. The van der Waals surface area contributed by atoms with Gasteiger partial charge in [0.25, 0.3) is 0 Å². The van der Waals surface area contributed by atoms with Crippen LogP contribution in [0.15, 0.2) is 30.5 Å². The molecular weight excluding hydrogens is 234 g/mol. The molecule has 102 valence electrons. The number of pyridine rings is 1. The smallest absolute Gasteiger partial charge is 0.136 e. The third-order valence-corrected chi connectivity index (χ3v) is 3.22. The number of anilines is 1. The van der Waals surface area contributed by atoms with Crippen LogP contribution in [0.25, 0.3) is 10.8 Å². The standard InChI is InChI=1S/C16H23N3/c1-12(2)11-19(4)16-15-8-6-5-7-14(15)13(9-17-3)10-18-16/h5-8,10,12,17H,9,11H2,1-4H3. The lowest BCUT2D eigenvalue weighted by Crippen LogP contribution is -2.24. The topological polar surface area (TPSA) is 28.2 Å². The van der Waals surface area contributed by atoms with E-state index in [1.165, 1.54) is 16.3 Å². The average molecular weight is 257 g/mol. The van der Waals surface area contributed by atoms with Crippen molar-refractivity contribution in [2.45, 2.75) is 20.4 Å². The first-order valence-corrected chi connectivity index (χ1v) is 6.85. The highest BCUT2D eigenvalue weighted by Crippen LogP contribution is 2.26. The van der Waals surface area contributed by atoms with Gasteiger partial charge in [-0.15, -0.1) is 0 Å². The first-order valence-electron chi connectivity index (χ1n) is 6.85. The predicted molar refractivity (Wildman–Crippen MR) is 82.6 cm³/mol. The summed E-state index contributed by atoms with van der Waals surface area (Å²) in [6.07, 6.45) is 1.99. The average Bonchev–Trinajstić information content (AvgIpc) is 2.38. The molecule has 0 aliphatic rings. The molecule has 2 aromatic rings. The molecule has 3 heteroatoms. The van der Waals surface area contributed by atoms with Gasteiger partial charge in [-0.1, -0.05) is 38.1 Å². The van der Waals surface area contributed by atoms with Crippen LogP contribution >= 0.6 is 0 Å². The van der Waals surface area contributed by atoms with Crippen molar-refractivity contribution in [1.82, 2.24) is 10.3 Å². The molecule has 1 aromatic carbocycles. The summed E-state index contributed by atoms with van der Waals surface area (Å²) in [5.74, 6) is 1.70. The SMILES string of the molecule is CNCc1cnc(N(C)CC(C)C)c2ccccc12. The van der Waals surface area contributed by atoms with Crippen molar-refractivity contribution in [2.75, 3.05) is 25.5 Å². The highest BCUT2D eigenvalue weighted by molar-refractivity contribution is 5.94. The van der Waals surface area contributed by atoms with E-state index in [0.29, 0.717) is 5.92 Å². The summed E-state index contributed by atoms with van der Waals surface area (Å²) in [4.78, 5) is 6.91. The van der Waals surface area contributed by atoms with Gasteiger partial charge in [0.1, 0.15) is 5.82 Å². The van der Waals surface area contributed by atoms with Crippen molar-refractivity contribution >= 4 is 16.6 Å². The minimum Gasteiger partial charge on any atom is -0.359 e. The van der Waals surface area contributed by atoms with Crippen molar-refractivity contribution < 1.29 is 0 Å². The molecule has 0 fully saturated rings. The molecule has 0 saturated carbocycles. The molecule has 19 heavy (non-hydrogen) atoms. The lowest BCUT2D eigenvalue weighted by atomic mass is 10.1. The monoisotopic (exact) mass is 257 g/mol. The third kappa shape index (κ3) is 3.04. The zero-order valence-electron chi connectivity index (χ0n) is 12.3. The Morgan fingerprint density at radius 1 is 1.21 bits per heavy atom. The van der Waals surface area contributed by atoms with E-state index in [4.69, 9.17) is 0 Å². The van der Waals surface area contributed by atoms with Gasteiger partial charge in [-0.3, -0.25) is 0 Å². The molecule has 0 amide bonds. The van der Waals surface area contributed by atoms with Crippen LogP contribution in [0.5, 0.6) is 0 Å². The van der Waals surface area contributed by atoms with Gasteiger partial charge in [0.15, 0.2) is 0 Å². The zero-order valence-corrected chi connectivity index (χ0v) is 12.3. The molecule has 3 nitrogen and oxygen atoms in total. The van der Waals surface area contributed by atoms with Crippen molar-refractivity contribution in [2.24, 2.45) is 5.92 Å². The fraction of sp³-hybridized carbons (Fsp3) is 0.438. The van der Waals surface area contributed by atoms with E-state index in [9.17, 15) is 0 Å². The number of benzene rings is 1. The van der Waals surface area contributed by atoms with Gasteiger partial charge >= 0.3 is 0 Å². The van der Waals surface area contributed by atoms with Crippen molar-refractivity contribution in [3.8, 4) is 0 Å². The van der Waals surface area contributed by atoms with E-state index >= 15 is 0 Å². The molecule has 1 aromatic heterocycles. The quantitative estimate of drug-likeness (QED) is 0.892.